The van der Waals surface area contributed by atoms with E-state index in [0.29, 0.717) is 0 Å². The van der Waals surface area contributed by atoms with Gasteiger partial charge in [-0.1, -0.05) is 29.8 Å². The van der Waals surface area contributed by atoms with E-state index in [2.05, 4.69) is 44.2 Å². The van der Waals surface area contributed by atoms with Crippen molar-refractivity contribution in [2.75, 3.05) is 11.5 Å². The van der Waals surface area contributed by atoms with E-state index in [4.69, 9.17) is 5.73 Å². The summed E-state index contributed by atoms with van der Waals surface area (Å²) in [5.74, 6) is 1.16. The molecule has 0 heterocycles. The van der Waals surface area contributed by atoms with Gasteiger partial charge in [-0.2, -0.15) is 0 Å². The predicted molar refractivity (Wildman–Crippen MR) is 85.8 cm³/mol. The Labute approximate surface area is 120 Å². The normalized spacial score (nSPS) is 10.6. The van der Waals surface area contributed by atoms with Crippen LogP contribution in [0.4, 0.5) is 5.69 Å². The van der Waals surface area contributed by atoms with Gasteiger partial charge in [0, 0.05) is 10.6 Å². The SMILES string of the molecule is Cc1ccc(SCCCc2ccc(N)cc2)c(C)c1. The zero-order chi connectivity index (χ0) is 13.7. The van der Waals surface area contributed by atoms with Crippen molar-refractivity contribution in [3.8, 4) is 0 Å². The number of rotatable bonds is 5. The van der Waals surface area contributed by atoms with E-state index in [-0.39, 0.29) is 0 Å². The Kier molecular flexibility index (Phi) is 4.92. The van der Waals surface area contributed by atoms with Gasteiger partial charge in [0.2, 0.25) is 0 Å². The molecule has 0 unspecified atom stereocenters. The lowest BCUT2D eigenvalue weighted by Gasteiger charge is -2.07. The zero-order valence-electron chi connectivity index (χ0n) is 11.6. The summed E-state index contributed by atoms with van der Waals surface area (Å²) in [7, 11) is 0. The molecule has 2 rings (SSSR count). The van der Waals surface area contributed by atoms with Gasteiger partial charge in [0.15, 0.2) is 0 Å². The van der Waals surface area contributed by atoms with Gasteiger partial charge >= 0.3 is 0 Å². The molecule has 2 aromatic rings. The first-order valence-electron chi connectivity index (χ1n) is 6.69. The summed E-state index contributed by atoms with van der Waals surface area (Å²) in [6.07, 6.45) is 2.32. The van der Waals surface area contributed by atoms with Crippen LogP contribution in [-0.2, 0) is 6.42 Å². The van der Waals surface area contributed by atoms with E-state index in [9.17, 15) is 0 Å². The van der Waals surface area contributed by atoms with Crippen LogP contribution >= 0.6 is 11.8 Å². The van der Waals surface area contributed by atoms with Gasteiger partial charge in [0.25, 0.3) is 0 Å². The van der Waals surface area contributed by atoms with Crippen molar-refractivity contribution in [1.82, 2.24) is 0 Å². The van der Waals surface area contributed by atoms with Gasteiger partial charge in [-0.25, -0.2) is 0 Å². The van der Waals surface area contributed by atoms with E-state index >= 15 is 0 Å². The molecular formula is C17H21NS. The second-order valence-corrected chi connectivity index (χ2v) is 6.10. The summed E-state index contributed by atoms with van der Waals surface area (Å²) < 4.78 is 0. The molecule has 0 aliphatic carbocycles. The fourth-order valence-electron chi connectivity index (χ4n) is 2.10. The first kappa shape index (κ1) is 14.0. The molecule has 0 amide bonds. The average Bonchev–Trinajstić information content (AvgIpc) is 2.39. The minimum absolute atomic E-state index is 0.841. The van der Waals surface area contributed by atoms with Gasteiger partial charge in [-0.3, -0.25) is 0 Å². The van der Waals surface area contributed by atoms with Crippen LogP contribution in [0.2, 0.25) is 0 Å². The number of thioether (sulfide) groups is 1. The quantitative estimate of drug-likeness (QED) is 0.488. The van der Waals surface area contributed by atoms with E-state index in [1.807, 2.05) is 23.9 Å². The van der Waals surface area contributed by atoms with Gasteiger partial charge in [-0.05, 0) is 61.8 Å². The average molecular weight is 271 g/mol. The summed E-state index contributed by atoms with van der Waals surface area (Å²) in [4.78, 5) is 1.41. The van der Waals surface area contributed by atoms with E-state index < -0.39 is 0 Å². The first-order valence-corrected chi connectivity index (χ1v) is 7.68. The molecule has 2 heteroatoms. The Morgan fingerprint density at radius 3 is 2.42 bits per heavy atom. The molecule has 0 aromatic heterocycles. The van der Waals surface area contributed by atoms with Crippen molar-refractivity contribution >= 4 is 17.4 Å². The van der Waals surface area contributed by atoms with E-state index in [0.717, 1.165) is 17.9 Å². The van der Waals surface area contributed by atoms with Crippen LogP contribution in [0.3, 0.4) is 0 Å². The summed E-state index contributed by atoms with van der Waals surface area (Å²) in [5.41, 5.74) is 10.6. The largest absolute Gasteiger partial charge is 0.399 e. The maximum Gasteiger partial charge on any atom is 0.0314 e. The molecule has 0 saturated carbocycles. The van der Waals surface area contributed by atoms with Crippen molar-refractivity contribution in [2.45, 2.75) is 31.6 Å². The maximum absolute atomic E-state index is 5.68. The lowest BCUT2D eigenvalue weighted by Crippen LogP contribution is -1.90. The highest BCUT2D eigenvalue weighted by Gasteiger charge is 2.00. The molecule has 0 aliphatic heterocycles. The van der Waals surface area contributed by atoms with Gasteiger partial charge in [0.1, 0.15) is 0 Å². The highest BCUT2D eigenvalue weighted by atomic mass is 32.2. The standard InChI is InChI=1S/C17H21NS/c1-13-5-10-17(14(2)12-13)19-11-3-4-15-6-8-16(18)9-7-15/h5-10,12H,3-4,11,18H2,1-2H3. The molecule has 100 valence electrons. The molecule has 2 N–H and O–H groups in total. The Morgan fingerprint density at radius 1 is 1.00 bits per heavy atom. The molecule has 0 radical (unpaired) electrons. The minimum Gasteiger partial charge on any atom is -0.399 e. The molecule has 0 aliphatic rings. The monoisotopic (exact) mass is 271 g/mol. The van der Waals surface area contributed by atoms with Crippen molar-refractivity contribution in [1.29, 1.82) is 0 Å². The zero-order valence-corrected chi connectivity index (χ0v) is 12.5. The fourth-order valence-corrected chi connectivity index (χ4v) is 3.06. The Bertz CT molecular complexity index is 531. The van der Waals surface area contributed by atoms with Crippen LogP contribution in [-0.4, -0.2) is 5.75 Å². The number of nitrogens with two attached hydrogens (primary N) is 1. The maximum atomic E-state index is 5.68. The van der Waals surface area contributed by atoms with E-state index in [1.165, 1.54) is 28.0 Å². The predicted octanol–water partition coefficient (Wildman–Crippen LogP) is 4.61. The van der Waals surface area contributed by atoms with Crippen LogP contribution in [0.25, 0.3) is 0 Å². The molecule has 0 bridgehead atoms. The van der Waals surface area contributed by atoms with Crippen molar-refractivity contribution in [2.24, 2.45) is 0 Å². The number of aryl methyl sites for hydroxylation is 3. The lowest BCUT2D eigenvalue weighted by atomic mass is 10.1. The topological polar surface area (TPSA) is 26.0 Å². The smallest absolute Gasteiger partial charge is 0.0314 e. The fraction of sp³-hybridized carbons (Fsp3) is 0.294. The third-order valence-electron chi connectivity index (χ3n) is 3.18. The third-order valence-corrected chi connectivity index (χ3v) is 4.44. The highest BCUT2D eigenvalue weighted by Crippen LogP contribution is 2.24. The van der Waals surface area contributed by atoms with Crippen LogP contribution in [0, 0.1) is 13.8 Å². The number of hydrogen-bond donors (Lipinski definition) is 1. The molecule has 0 saturated heterocycles. The minimum atomic E-state index is 0.841. The van der Waals surface area contributed by atoms with Crippen molar-refractivity contribution in [3.63, 3.8) is 0 Å². The number of benzene rings is 2. The van der Waals surface area contributed by atoms with Crippen LogP contribution < -0.4 is 5.73 Å². The summed E-state index contributed by atoms with van der Waals surface area (Å²) >= 11 is 1.95. The van der Waals surface area contributed by atoms with Crippen LogP contribution in [0.5, 0.6) is 0 Å². The molecular weight excluding hydrogens is 250 g/mol. The van der Waals surface area contributed by atoms with Gasteiger partial charge in [0.05, 0.1) is 0 Å². The Morgan fingerprint density at radius 2 is 1.74 bits per heavy atom. The number of nitrogen functional groups attached to an aromatic ring is 1. The Hall–Kier alpha value is -1.41. The third kappa shape index (κ3) is 4.32. The highest BCUT2D eigenvalue weighted by molar-refractivity contribution is 7.99. The van der Waals surface area contributed by atoms with Gasteiger partial charge < -0.3 is 5.73 Å². The molecule has 0 spiro atoms. The molecule has 2 aromatic carbocycles. The second kappa shape index (κ2) is 6.67. The van der Waals surface area contributed by atoms with Crippen LogP contribution in [0.15, 0.2) is 47.4 Å². The molecule has 0 fully saturated rings. The number of anilines is 1. The number of hydrogen-bond acceptors (Lipinski definition) is 2. The second-order valence-electron chi connectivity index (χ2n) is 4.96. The molecule has 19 heavy (non-hydrogen) atoms. The van der Waals surface area contributed by atoms with Gasteiger partial charge in [-0.15, -0.1) is 11.8 Å². The van der Waals surface area contributed by atoms with E-state index in [1.54, 1.807) is 0 Å². The van der Waals surface area contributed by atoms with Crippen molar-refractivity contribution in [3.05, 3.63) is 59.2 Å². The summed E-state index contributed by atoms with van der Waals surface area (Å²) in [6.45, 7) is 4.33. The molecule has 1 nitrogen and oxygen atoms in total. The lowest BCUT2D eigenvalue weighted by molar-refractivity contribution is 0.933. The Balaban J connectivity index is 1.79. The van der Waals surface area contributed by atoms with Crippen LogP contribution in [0.1, 0.15) is 23.1 Å². The molecule has 0 atom stereocenters. The summed E-state index contributed by atoms with van der Waals surface area (Å²) in [6, 6.07) is 14.9. The summed E-state index contributed by atoms with van der Waals surface area (Å²) in [5, 5.41) is 0. The first-order chi connectivity index (χ1) is 9.15. The van der Waals surface area contributed by atoms with Crippen molar-refractivity contribution < 1.29 is 0 Å².